The lowest BCUT2D eigenvalue weighted by Crippen LogP contribution is -2.14. The Labute approximate surface area is 178 Å². The standard InChI is InChI=1S/C23H19N7O/c1-24-22-20-14-26-21(29-23(31)15-3-4-15)11-19(20)16(12-27-22)5-6-17-7-8-18(13-25-17)30-10-2-9-28-30/h2,7-15H,3-4H2,1H3,(H,24,27)(H,26,29,31). The highest BCUT2D eigenvalue weighted by molar-refractivity contribution is 5.99. The van der Waals surface area contributed by atoms with E-state index in [1.807, 2.05) is 30.5 Å². The Morgan fingerprint density at radius 1 is 1.10 bits per heavy atom. The van der Waals surface area contributed by atoms with Crippen LogP contribution in [0, 0.1) is 17.8 Å². The Bertz CT molecular complexity index is 1310. The molecule has 1 aliphatic carbocycles. The molecule has 0 radical (unpaired) electrons. The van der Waals surface area contributed by atoms with Gasteiger partial charge in [-0.15, -0.1) is 0 Å². The molecule has 0 unspecified atom stereocenters. The number of anilines is 2. The van der Waals surface area contributed by atoms with Gasteiger partial charge in [0.25, 0.3) is 0 Å². The molecule has 152 valence electrons. The molecule has 0 atom stereocenters. The number of aromatic nitrogens is 5. The molecular formula is C23H19N7O. The van der Waals surface area contributed by atoms with Crippen molar-refractivity contribution in [2.45, 2.75) is 12.8 Å². The second-order valence-corrected chi connectivity index (χ2v) is 7.25. The predicted molar refractivity (Wildman–Crippen MR) is 118 cm³/mol. The van der Waals surface area contributed by atoms with Crippen molar-refractivity contribution in [1.29, 1.82) is 0 Å². The molecule has 1 fully saturated rings. The Kier molecular flexibility index (Phi) is 4.77. The zero-order valence-corrected chi connectivity index (χ0v) is 16.8. The Morgan fingerprint density at radius 2 is 2.00 bits per heavy atom. The third-order valence-electron chi connectivity index (χ3n) is 5.05. The molecule has 4 aromatic heterocycles. The van der Waals surface area contributed by atoms with Crippen LogP contribution in [0.15, 0.2) is 55.2 Å². The van der Waals surface area contributed by atoms with Gasteiger partial charge in [-0.25, -0.2) is 19.6 Å². The topological polar surface area (TPSA) is 97.6 Å². The molecular weight excluding hydrogens is 390 g/mol. The number of hydrogen-bond donors (Lipinski definition) is 2. The molecule has 0 spiro atoms. The van der Waals surface area contributed by atoms with Gasteiger partial charge in [0.1, 0.15) is 17.3 Å². The number of pyridine rings is 3. The van der Waals surface area contributed by atoms with Gasteiger partial charge in [-0.05, 0) is 43.0 Å². The normalized spacial score (nSPS) is 12.8. The number of nitrogens with one attached hydrogen (secondary N) is 2. The molecule has 8 nitrogen and oxygen atoms in total. The molecule has 1 aliphatic rings. The SMILES string of the molecule is CNc1ncc(C#Cc2ccc(-n3cccn3)cn2)c2cc(NC(=O)C3CC3)ncc12. The maximum Gasteiger partial charge on any atom is 0.228 e. The number of carbonyl (C=O) groups is 1. The minimum Gasteiger partial charge on any atom is -0.373 e. The molecule has 4 heterocycles. The van der Waals surface area contributed by atoms with Gasteiger partial charge in [0.2, 0.25) is 5.91 Å². The van der Waals surface area contributed by atoms with E-state index in [0.717, 1.165) is 34.9 Å². The largest absolute Gasteiger partial charge is 0.373 e. The first kappa shape index (κ1) is 18.8. The van der Waals surface area contributed by atoms with E-state index in [0.29, 0.717) is 17.3 Å². The summed E-state index contributed by atoms with van der Waals surface area (Å²) in [5, 5.41) is 11.9. The Hall–Kier alpha value is -4.25. The smallest absolute Gasteiger partial charge is 0.228 e. The maximum absolute atomic E-state index is 12.1. The fraction of sp³-hybridized carbons (Fsp3) is 0.174. The van der Waals surface area contributed by atoms with Gasteiger partial charge in [-0.2, -0.15) is 5.10 Å². The molecule has 0 aromatic carbocycles. The molecule has 1 saturated carbocycles. The van der Waals surface area contributed by atoms with Gasteiger partial charge >= 0.3 is 0 Å². The molecule has 0 bridgehead atoms. The molecule has 0 saturated heterocycles. The molecule has 5 rings (SSSR count). The Balaban J connectivity index is 1.48. The summed E-state index contributed by atoms with van der Waals surface area (Å²) in [6.45, 7) is 0. The first-order valence-electron chi connectivity index (χ1n) is 9.97. The highest BCUT2D eigenvalue weighted by Crippen LogP contribution is 2.31. The van der Waals surface area contributed by atoms with Crippen LogP contribution in [0.3, 0.4) is 0 Å². The maximum atomic E-state index is 12.1. The molecule has 4 aromatic rings. The van der Waals surface area contributed by atoms with Crippen molar-refractivity contribution >= 4 is 28.3 Å². The number of carbonyl (C=O) groups excluding carboxylic acids is 1. The summed E-state index contributed by atoms with van der Waals surface area (Å²) in [4.78, 5) is 25.4. The van der Waals surface area contributed by atoms with Gasteiger partial charge in [-0.3, -0.25) is 4.79 Å². The van der Waals surface area contributed by atoms with E-state index in [2.05, 4.69) is 42.5 Å². The van der Waals surface area contributed by atoms with Crippen LogP contribution in [-0.4, -0.2) is 37.7 Å². The van der Waals surface area contributed by atoms with Crippen molar-refractivity contribution in [1.82, 2.24) is 24.7 Å². The average Bonchev–Trinajstić information content (AvgIpc) is 3.52. The van der Waals surface area contributed by atoms with E-state index in [4.69, 9.17) is 0 Å². The zero-order valence-electron chi connectivity index (χ0n) is 16.8. The van der Waals surface area contributed by atoms with E-state index in [-0.39, 0.29) is 11.8 Å². The van der Waals surface area contributed by atoms with Crippen molar-refractivity contribution in [2.75, 3.05) is 17.7 Å². The minimum atomic E-state index is 0.0175. The summed E-state index contributed by atoms with van der Waals surface area (Å²) in [7, 11) is 1.81. The van der Waals surface area contributed by atoms with Crippen molar-refractivity contribution in [2.24, 2.45) is 5.92 Å². The molecule has 1 amide bonds. The molecule has 8 heteroatoms. The van der Waals surface area contributed by atoms with Gasteiger partial charge in [0.15, 0.2) is 0 Å². The van der Waals surface area contributed by atoms with Crippen LogP contribution in [0.1, 0.15) is 24.1 Å². The molecule has 31 heavy (non-hydrogen) atoms. The van der Waals surface area contributed by atoms with Crippen molar-refractivity contribution < 1.29 is 4.79 Å². The summed E-state index contributed by atoms with van der Waals surface area (Å²) in [5.74, 6) is 7.60. The second-order valence-electron chi connectivity index (χ2n) is 7.25. The number of nitrogens with zero attached hydrogens (tertiary/aromatic N) is 5. The highest BCUT2D eigenvalue weighted by atomic mass is 16.2. The number of amides is 1. The van der Waals surface area contributed by atoms with Gasteiger partial charge in [0, 0.05) is 48.5 Å². The van der Waals surface area contributed by atoms with Crippen LogP contribution in [-0.2, 0) is 4.79 Å². The Morgan fingerprint density at radius 3 is 2.71 bits per heavy atom. The van der Waals surface area contributed by atoms with Crippen LogP contribution < -0.4 is 10.6 Å². The number of rotatable bonds is 4. The summed E-state index contributed by atoms with van der Waals surface area (Å²) in [5.41, 5.74) is 2.23. The third-order valence-corrected chi connectivity index (χ3v) is 5.05. The van der Waals surface area contributed by atoms with Crippen LogP contribution in [0.25, 0.3) is 16.5 Å². The lowest BCUT2D eigenvalue weighted by molar-refractivity contribution is -0.117. The predicted octanol–water partition coefficient (Wildman–Crippen LogP) is 3.00. The quantitative estimate of drug-likeness (QED) is 0.503. The van der Waals surface area contributed by atoms with E-state index in [1.54, 1.807) is 36.5 Å². The second kappa shape index (κ2) is 7.88. The summed E-state index contributed by atoms with van der Waals surface area (Å²) < 4.78 is 1.74. The average molecular weight is 409 g/mol. The summed E-state index contributed by atoms with van der Waals surface area (Å²) in [6, 6.07) is 7.47. The third kappa shape index (κ3) is 3.94. The minimum absolute atomic E-state index is 0.0175. The first-order valence-corrected chi connectivity index (χ1v) is 9.97. The van der Waals surface area contributed by atoms with Crippen molar-refractivity contribution in [3.63, 3.8) is 0 Å². The summed E-state index contributed by atoms with van der Waals surface area (Å²) in [6.07, 6.45) is 10.6. The van der Waals surface area contributed by atoms with Gasteiger partial charge < -0.3 is 10.6 Å². The fourth-order valence-electron chi connectivity index (χ4n) is 3.22. The van der Waals surface area contributed by atoms with E-state index < -0.39 is 0 Å². The van der Waals surface area contributed by atoms with E-state index >= 15 is 0 Å². The molecule has 0 aliphatic heterocycles. The fourth-order valence-corrected chi connectivity index (χ4v) is 3.22. The first-order chi connectivity index (χ1) is 15.2. The van der Waals surface area contributed by atoms with Crippen molar-refractivity contribution in [3.05, 3.63) is 66.5 Å². The highest BCUT2D eigenvalue weighted by Gasteiger charge is 2.29. The monoisotopic (exact) mass is 409 g/mol. The van der Waals surface area contributed by atoms with Gasteiger partial charge in [-0.1, -0.05) is 5.92 Å². The zero-order chi connectivity index (χ0) is 21.2. The van der Waals surface area contributed by atoms with Gasteiger partial charge in [0.05, 0.1) is 17.4 Å². The van der Waals surface area contributed by atoms with Crippen LogP contribution >= 0.6 is 0 Å². The number of fused-ring (bicyclic) bond motifs is 1. The van der Waals surface area contributed by atoms with E-state index in [9.17, 15) is 4.79 Å². The number of hydrogen-bond acceptors (Lipinski definition) is 6. The van der Waals surface area contributed by atoms with Crippen LogP contribution in [0.4, 0.5) is 11.6 Å². The lowest BCUT2D eigenvalue weighted by Gasteiger charge is -2.09. The van der Waals surface area contributed by atoms with Crippen LogP contribution in [0.5, 0.6) is 0 Å². The van der Waals surface area contributed by atoms with Crippen molar-refractivity contribution in [3.8, 4) is 17.5 Å². The lowest BCUT2D eigenvalue weighted by atomic mass is 10.1. The molecule has 2 N–H and O–H groups in total. The summed E-state index contributed by atoms with van der Waals surface area (Å²) >= 11 is 0. The van der Waals surface area contributed by atoms with E-state index in [1.165, 1.54) is 0 Å². The van der Waals surface area contributed by atoms with Crippen LogP contribution in [0.2, 0.25) is 0 Å².